The van der Waals surface area contributed by atoms with Crippen LogP contribution in [0.4, 0.5) is 0 Å². The van der Waals surface area contributed by atoms with Gasteiger partial charge in [0.1, 0.15) is 0 Å². The Balaban J connectivity index is 1.80. The minimum Gasteiger partial charge on any atom is -0.343 e. The molecular formula is C13H15ClN4O2S. The van der Waals surface area contributed by atoms with Crippen molar-refractivity contribution in [2.24, 2.45) is 0 Å². The molecule has 112 valence electrons. The number of carbonyl (C=O) groups is 2. The lowest BCUT2D eigenvalue weighted by Gasteiger charge is -2.33. The van der Waals surface area contributed by atoms with Gasteiger partial charge in [-0.2, -0.15) is 0 Å². The number of thiocarbonyl (C=S) groups is 1. The molecule has 0 saturated carbocycles. The van der Waals surface area contributed by atoms with Gasteiger partial charge in [-0.25, -0.2) is 5.01 Å². The van der Waals surface area contributed by atoms with Gasteiger partial charge >= 0.3 is 0 Å². The fraction of sp³-hybridized carbons (Fsp3) is 0.308. The SMILES string of the molecule is O=CN1CCN(NC(=S)NC(=O)c2ccc(Cl)cc2)CC1. The molecule has 1 aromatic rings. The molecule has 1 aromatic carbocycles. The Bertz CT molecular complexity index is 529. The third-order valence-corrected chi connectivity index (χ3v) is 3.50. The zero-order valence-corrected chi connectivity index (χ0v) is 12.8. The summed E-state index contributed by atoms with van der Waals surface area (Å²) in [5, 5.41) is 5.27. The van der Waals surface area contributed by atoms with Crippen LogP contribution in [-0.4, -0.2) is 53.5 Å². The van der Waals surface area contributed by atoms with E-state index in [-0.39, 0.29) is 11.0 Å². The monoisotopic (exact) mass is 326 g/mol. The van der Waals surface area contributed by atoms with Crippen molar-refractivity contribution in [2.45, 2.75) is 0 Å². The van der Waals surface area contributed by atoms with Gasteiger partial charge in [-0.15, -0.1) is 0 Å². The van der Waals surface area contributed by atoms with E-state index in [1.54, 1.807) is 29.2 Å². The number of nitrogens with zero attached hydrogens (tertiary/aromatic N) is 2. The average molecular weight is 327 g/mol. The zero-order valence-electron chi connectivity index (χ0n) is 11.2. The molecule has 2 rings (SSSR count). The number of piperazine rings is 1. The lowest BCUT2D eigenvalue weighted by Crippen LogP contribution is -2.55. The van der Waals surface area contributed by atoms with Crippen molar-refractivity contribution >= 4 is 41.2 Å². The number of nitrogens with one attached hydrogen (secondary N) is 2. The third-order valence-electron chi connectivity index (χ3n) is 3.06. The number of carbonyl (C=O) groups excluding carboxylic acids is 2. The molecule has 2 N–H and O–H groups in total. The smallest absolute Gasteiger partial charge is 0.257 e. The average Bonchev–Trinajstić information content (AvgIpc) is 2.48. The number of benzene rings is 1. The van der Waals surface area contributed by atoms with E-state index in [1.807, 2.05) is 5.01 Å². The highest BCUT2D eigenvalue weighted by molar-refractivity contribution is 7.80. The van der Waals surface area contributed by atoms with Crippen LogP contribution in [0.2, 0.25) is 5.02 Å². The maximum Gasteiger partial charge on any atom is 0.257 e. The van der Waals surface area contributed by atoms with E-state index >= 15 is 0 Å². The van der Waals surface area contributed by atoms with Gasteiger partial charge in [-0.3, -0.25) is 20.3 Å². The number of hydrogen-bond donors (Lipinski definition) is 2. The van der Waals surface area contributed by atoms with Crippen molar-refractivity contribution in [1.29, 1.82) is 0 Å². The summed E-state index contributed by atoms with van der Waals surface area (Å²) < 4.78 is 0. The normalized spacial score (nSPS) is 15.4. The Morgan fingerprint density at radius 3 is 2.38 bits per heavy atom. The number of halogens is 1. The molecule has 0 unspecified atom stereocenters. The predicted octanol–water partition coefficient (Wildman–Crippen LogP) is 0.633. The van der Waals surface area contributed by atoms with E-state index in [4.69, 9.17) is 23.8 Å². The van der Waals surface area contributed by atoms with E-state index in [0.29, 0.717) is 36.8 Å². The fourth-order valence-corrected chi connectivity index (χ4v) is 2.24. The van der Waals surface area contributed by atoms with Gasteiger partial charge in [0.05, 0.1) is 0 Å². The highest BCUT2D eigenvalue weighted by atomic mass is 35.5. The summed E-state index contributed by atoms with van der Waals surface area (Å²) in [6, 6.07) is 6.55. The van der Waals surface area contributed by atoms with E-state index < -0.39 is 0 Å². The Kier molecular flexibility index (Phi) is 5.49. The highest BCUT2D eigenvalue weighted by Crippen LogP contribution is 2.09. The van der Waals surface area contributed by atoms with E-state index in [0.717, 1.165) is 6.41 Å². The Labute approximate surface area is 133 Å². The van der Waals surface area contributed by atoms with Crippen LogP contribution in [-0.2, 0) is 4.79 Å². The molecule has 0 aliphatic carbocycles. The second kappa shape index (κ2) is 7.35. The number of amides is 2. The molecule has 1 aliphatic heterocycles. The first-order valence-electron chi connectivity index (χ1n) is 6.40. The molecule has 0 radical (unpaired) electrons. The first-order chi connectivity index (χ1) is 10.1. The van der Waals surface area contributed by atoms with Crippen LogP contribution < -0.4 is 10.7 Å². The predicted molar refractivity (Wildman–Crippen MR) is 83.9 cm³/mol. The van der Waals surface area contributed by atoms with Gasteiger partial charge in [0.15, 0.2) is 5.11 Å². The minimum absolute atomic E-state index is 0.231. The quantitative estimate of drug-likeness (QED) is 0.630. The Morgan fingerprint density at radius 1 is 1.19 bits per heavy atom. The van der Waals surface area contributed by atoms with Crippen LogP contribution in [0, 0.1) is 0 Å². The van der Waals surface area contributed by atoms with Gasteiger partial charge in [0.25, 0.3) is 5.91 Å². The molecule has 0 spiro atoms. The number of rotatable bonds is 3. The summed E-state index contributed by atoms with van der Waals surface area (Å²) >= 11 is 10.9. The van der Waals surface area contributed by atoms with Crippen molar-refractivity contribution in [2.75, 3.05) is 26.2 Å². The van der Waals surface area contributed by atoms with Gasteiger partial charge in [0.2, 0.25) is 6.41 Å². The molecular weight excluding hydrogens is 312 g/mol. The molecule has 21 heavy (non-hydrogen) atoms. The summed E-state index contributed by atoms with van der Waals surface area (Å²) in [6.45, 7) is 2.56. The van der Waals surface area contributed by atoms with Gasteiger partial charge in [-0.05, 0) is 36.5 Å². The lowest BCUT2D eigenvalue weighted by molar-refractivity contribution is -0.119. The van der Waals surface area contributed by atoms with Crippen molar-refractivity contribution in [3.05, 3.63) is 34.9 Å². The van der Waals surface area contributed by atoms with Crippen LogP contribution in [0.5, 0.6) is 0 Å². The zero-order chi connectivity index (χ0) is 15.2. The van der Waals surface area contributed by atoms with Crippen molar-refractivity contribution in [3.8, 4) is 0 Å². The van der Waals surface area contributed by atoms with E-state index in [9.17, 15) is 9.59 Å². The largest absolute Gasteiger partial charge is 0.343 e. The van der Waals surface area contributed by atoms with Crippen molar-refractivity contribution < 1.29 is 9.59 Å². The lowest BCUT2D eigenvalue weighted by atomic mass is 10.2. The third kappa shape index (κ3) is 4.66. The number of hydrogen-bond acceptors (Lipinski definition) is 4. The second-order valence-electron chi connectivity index (χ2n) is 4.53. The van der Waals surface area contributed by atoms with Crippen LogP contribution in [0.3, 0.4) is 0 Å². The molecule has 1 heterocycles. The topological polar surface area (TPSA) is 64.7 Å². The first kappa shape index (κ1) is 15.7. The maximum absolute atomic E-state index is 12.0. The molecule has 0 aromatic heterocycles. The summed E-state index contributed by atoms with van der Waals surface area (Å²) in [5.41, 5.74) is 3.42. The summed E-state index contributed by atoms with van der Waals surface area (Å²) in [6.07, 6.45) is 0.831. The molecule has 0 atom stereocenters. The Hall–Kier alpha value is -1.70. The fourth-order valence-electron chi connectivity index (χ4n) is 1.89. The summed E-state index contributed by atoms with van der Waals surface area (Å²) in [7, 11) is 0. The Morgan fingerprint density at radius 2 is 1.81 bits per heavy atom. The maximum atomic E-state index is 12.0. The van der Waals surface area contributed by atoms with E-state index in [2.05, 4.69) is 10.7 Å². The second-order valence-corrected chi connectivity index (χ2v) is 5.38. The molecule has 0 bridgehead atoms. The summed E-state index contributed by atoms with van der Waals surface area (Å²) in [4.78, 5) is 24.2. The molecule has 1 saturated heterocycles. The number of hydrazine groups is 1. The highest BCUT2D eigenvalue weighted by Gasteiger charge is 2.16. The first-order valence-corrected chi connectivity index (χ1v) is 7.19. The molecule has 2 amide bonds. The van der Waals surface area contributed by atoms with Crippen LogP contribution >= 0.6 is 23.8 Å². The standard InChI is InChI=1S/C13H15ClN4O2S/c14-11-3-1-10(2-4-11)12(20)15-13(21)16-18-7-5-17(9-19)6-8-18/h1-4,9H,5-8H2,(H2,15,16,20,21). The summed E-state index contributed by atoms with van der Waals surface area (Å²) in [5.74, 6) is -0.296. The van der Waals surface area contributed by atoms with Crippen LogP contribution in [0.25, 0.3) is 0 Å². The molecule has 1 aliphatic rings. The van der Waals surface area contributed by atoms with Crippen LogP contribution in [0.15, 0.2) is 24.3 Å². The van der Waals surface area contributed by atoms with Gasteiger partial charge in [-0.1, -0.05) is 11.6 Å². The van der Waals surface area contributed by atoms with Crippen molar-refractivity contribution in [1.82, 2.24) is 20.7 Å². The van der Waals surface area contributed by atoms with Gasteiger partial charge < -0.3 is 4.90 Å². The van der Waals surface area contributed by atoms with E-state index in [1.165, 1.54) is 0 Å². The van der Waals surface area contributed by atoms with Gasteiger partial charge in [0, 0.05) is 36.8 Å². The molecule has 6 nitrogen and oxygen atoms in total. The minimum atomic E-state index is -0.296. The van der Waals surface area contributed by atoms with Crippen molar-refractivity contribution in [3.63, 3.8) is 0 Å². The molecule has 1 fully saturated rings. The van der Waals surface area contributed by atoms with Crippen LogP contribution in [0.1, 0.15) is 10.4 Å². The molecule has 8 heteroatoms.